The summed E-state index contributed by atoms with van der Waals surface area (Å²) < 4.78 is 5.85. The van der Waals surface area contributed by atoms with Gasteiger partial charge in [0.25, 0.3) is 0 Å². The molecule has 0 spiro atoms. The van der Waals surface area contributed by atoms with E-state index in [0.29, 0.717) is 17.7 Å². The molecule has 2 rings (SSSR count). The van der Waals surface area contributed by atoms with Gasteiger partial charge in [-0.15, -0.1) is 36.4 Å². The minimum atomic E-state index is 0.375. The second kappa shape index (κ2) is 16.7. The molecule has 1 unspecified atom stereocenters. The Kier molecular flexibility index (Phi) is 16.0. The molecule has 28 heavy (non-hydrogen) atoms. The van der Waals surface area contributed by atoms with E-state index in [2.05, 4.69) is 52.8 Å². The smallest absolute Gasteiger partial charge is 0.129 e. The molecule has 1 aromatic carbocycles. The molecule has 1 heterocycles. The fourth-order valence-electron chi connectivity index (χ4n) is 2.36. The summed E-state index contributed by atoms with van der Waals surface area (Å²) in [4.78, 5) is 2.33. The zero-order valence-corrected chi connectivity index (χ0v) is 19.7. The van der Waals surface area contributed by atoms with Crippen LogP contribution in [-0.2, 0) is 4.74 Å². The van der Waals surface area contributed by atoms with E-state index in [4.69, 9.17) is 4.74 Å². The Labute approximate surface area is 181 Å². The van der Waals surface area contributed by atoms with Crippen LogP contribution in [0, 0.1) is 18.8 Å². The SMILES string of the molecule is C#C.CCC.CCC1=C(C)OCC(NC[C@H](C)CSc2ccccc2O)CS1. The molecule has 158 valence electrons. The molecule has 1 aliphatic rings. The van der Waals surface area contributed by atoms with E-state index in [1.807, 2.05) is 30.0 Å². The summed E-state index contributed by atoms with van der Waals surface area (Å²) in [5.74, 6) is 4.06. The third kappa shape index (κ3) is 10.9. The van der Waals surface area contributed by atoms with Gasteiger partial charge >= 0.3 is 0 Å². The first-order valence-corrected chi connectivity index (χ1v) is 11.9. The van der Waals surface area contributed by atoms with E-state index >= 15 is 0 Å². The van der Waals surface area contributed by atoms with Crippen LogP contribution in [-0.4, -0.2) is 35.8 Å². The number of thioether (sulfide) groups is 2. The van der Waals surface area contributed by atoms with Crippen LogP contribution in [0.3, 0.4) is 0 Å². The molecule has 0 fully saturated rings. The van der Waals surface area contributed by atoms with Crippen molar-refractivity contribution in [3.8, 4) is 18.6 Å². The number of ether oxygens (including phenoxy) is 1. The average Bonchev–Trinajstić information content (AvgIpc) is 2.89. The lowest BCUT2D eigenvalue weighted by Gasteiger charge is -2.19. The minimum Gasteiger partial charge on any atom is -0.507 e. The lowest BCUT2D eigenvalue weighted by atomic mass is 10.2. The fraction of sp³-hybridized carbons (Fsp3) is 0.565. The standard InChI is InChI=1S/C18H27NO2S2.C3H8.C2H2/c1-4-17-14(3)21-10-15(12-23-17)19-9-13(2)11-22-18-8-6-5-7-16(18)20;1-3-2;1-2/h5-8,13,15,19-20H,4,9-12H2,1-3H3;3H2,1-2H3;1-2H/t13-,15?;;/m0../s1. The maximum Gasteiger partial charge on any atom is 0.129 e. The van der Waals surface area contributed by atoms with Crippen molar-refractivity contribution < 1.29 is 9.84 Å². The van der Waals surface area contributed by atoms with Gasteiger partial charge in [0, 0.05) is 21.3 Å². The summed E-state index contributed by atoms with van der Waals surface area (Å²) in [6.45, 7) is 12.5. The van der Waals surface area contributed by atoms with Crippen LogP contribution < -0.4 is 5.32 Å². The highest BCUT2D eigenvalue weighted by Gasteiger charge is 2.17. The molecule has 5 heteroatoms. The number of nitrogens with one attached hydrogen (secondary N) is 1. The van der Waals surface area contributed by atoms with Gasteiger partial charge in [-0.2, -0.15) is 0 Å². The minimum absolute atomic E-state index is 0.375. The summed E-state index contributed by atoms with van der Waals surface area (Å²) in [6.07, 6.45) is 10.3. The molecule has 2 atom stereocenters. The zero-order chi connectivity index (χ0) is 21.4. The maximum absolute atomic E-state index is 9.80. The van der Waals surface area contributed by atoms with Crippen molar-refractivity contribution in [1.82, 2.24) is 5.32 Å². The first-order chi connectivity index (χ1) is 13.5. The van der Waals surface area contributed by atoms with Crippen molar-refractivity contribution in [2.75, 3.05) is 24.7 Å². The highest BCUT2D eigenvalue weighted by Crippen LogP contribution is 2.29. The second-order valence-electron chi connectivity index (χ2n) is 6.65. The topological polar surface area (TPSA) is 41.5 Å². The van der Waals surface area contributed by atoms with Crippen molar-refractivity contribution in [2.24, 2.45) is 5.92 Å². The highest BCUT2D eigenvalue weighted by molar-refractivity contribution is 8.03. The van der Waals surface area contributed by atoms with Gasteiger partial charge in [-0.05, 0) is 37.9 Å². The van der Waals surface area contributed by atoms with Crippen LogP contribution in [0.2, 0.25) is 0 Å². The summed E-state index contributed by atoms with van der Waals surface area (Å²) in [5, 5.41) is 13.4. The predicted molar refractivity (Wildman–Crippen MR) is 127 cm³/mol. The van der Waals surface area contributed by atoms with Crippen LogP contribution in [0.15, 0.2) is 39.8 Å². The van der Waals surface area contributed by atoms with E-state index in [0.717, 1.165) is 41.7 Å². The Morgan fingerprint density at radius 1 is 1.29 bits per heavy atom. The van der Waals surface area contributed by atoms with Crippen molar-refractivity contribution >= 4 is 23.5 Å². The lowest BCUT2D eigenvalue weighted by molar-refractivity contribution is 0.187. The van der Waals surface area contributed by atoms with Gasteiger partial charge in [0.15, 0.2) is 0 Å². The number of para-hydroxylation sites is 1. The Bertz CT molecular complexity index is 587. The summed E-state index contributed by atoms with van der Waals surface area (Å²) in [6, 6.07) is 7.93. The average molecular weight is 424 g/mol. The van der Waals surface area contributed by atoms with Crippen LogP contribution in [0.4, 0.5) is 0 Å². The van der Waals surface area contributed by atoms with Crippen molar-refractivity contribution in [3.63, 3.8) is 0 Å². The predicted octanol–water partition coefficient (Wildman–Crippen LogP) is 6.15. The van der Waals surface area contributed by atoms with Crippen molar-refractivity contribution in [1.29, 1.82) is 0 Å². The van der Waals surface area contributed by atoms with Gasteiger partial charge in [-0.25, -0.2) is 0 Å². The number of phenols is 1. The Morgan fingerprint density at radius 2 is 1.93 bits per heavy atom. The molecule has 0 aromatic heterocycles. The molecular formula is C23H37NO2S2. The highest BCUT2D eigenvalue weighted by atomic mass is 32.2. The van der Waals surface area contributed by atoms with Gasteiger partial charge in [-0.3, -0.25) is 0 Å². The van der Waals surface area contributed by atoms with Gasteiger partial charge < -0.3 is 15.2 Å². The monoisotopic (exact) mass is 423 g/mol. The summed E-state index contributed by atoms with van der Waals surface area (Å²) in [7, 11) is 0. The molecule has 0 bridgehead atoms. The van der Waals surface area contributed by atoms with E-state index < -0.39 is 0 Å². The zero-order valence-electron chi connectivity index (χ0n) is 18.0. The molecule has 2 N–H and O–H groups in total. The number of rotatable bonds is 7. The largest absolute Gasteiger partial charge is 0.507 e. The summed E-state index contributed by atoms with van der Waals surface area (Å²) >= 11 is 3.63. The molecular weight excluding hydrogens is 386 g/mol. The normalized spacial score (nSPS) is 17.2. The number of allylic oxidation sites excluding steroid dienone is 2. The number of hydrogen-bond donors (Lipinski definition) is 2. The summed E-state index contributed by atoms with van der Waals surface area (Å²) in [5.41, 5.74) is 0. The molecule has 0 aliphatic carbocycles. The molecule has 1 aromatic rings. The van der Waals surface area contributed by atoms with E-state index in [1.54, 1.807) is 17.8 Å². The van der Waals surface area contributed by atoms with Crippen LogP contribution in [0.25, 0.3) is 0 Å². The molecule has 0 amide bonds. The van der Waals surface area contributed by atoms with Crippen LogP contribution in [0.1, 0.15) is 47.5 Å². The van der Waals surface area contributed by atoms with Gasteiger partial charge in [0.1, 0.15) is 18.1 Å². The number of benzene rings is 1. The van der Waals surface area contributed by atoms with Crippen molar-refractivity contribution in [2.45, 2.75) is 58.4 Å². The lowest BCUT2D eigenvalue weighted by Crippen LogP contribution is -2.38. The van der Waals surface area contributed by atoms with E-state index in [9.17, 15) is 5.11 Å². The van der Waals surface area contributed by atoms with Crippen LogP contribution >= 0.6 is 23.5 Å². The first kappa shape index (κ1) is 26.8. The van der Waals surface area contributed by atoms with Gasteiger partial charge in [0.05, 0.1) is 6.04 Å². The molecule has 3 nitrogen and oxygen atoms in total. The number of hydrogen-bond acceptors (Lipinski definition) is 5. The van der Waals surface area contributed by atoms with Crippen molar-refractivity contribution in [3.05, 3.63) is 34.9 Å². The fourth-order valence-corrected chi connectivity index (χ4v) is 4.42. The Balaban J connectivity index is 0.00000133. The Hall–Kier alpha value is -1.22. The number of terminal acetylenes is 1. The Morgan fingerprint density at radius 3 is 2.54 bits per heavy atom. The molecule has 1 aliphatic heterocycles. The van der Waals surface area contributed by atoms with Gasteiger partial charge in [-0.1, -0.05) is 46.2 Å². The molecule has 0 radical (unpaired) electrons. The number of phenolic OH excluding ortho intramolecular Hbond substituents is 1. The van der Waals surface area contributed by atoms with E-state index in [-0.39, 0.29) is 0 Å². The number of aromatic hydroxyl groups is 1. The second-order valence-corrected chi connectivity index (χ2v) is 8.83. The molecule has 0 saturated carbocycles. The quantitative estimate of drug-likeness (QED) is 0.407. The van der Waals surface area contributed by atoms with Gasteiger partial charge in [0.2, 0.25) is 0 Å². The first-order valence-electron chi connectivity index (χ1n) is 9.94. The third-order valence-electron chi connectivity index (χ3n) is 3.82. The third-order valence-corrected chi connectivity index (χ3v) is 6.70. The maximum atomic E-state index is 9.80. The molecule has 0 saturated heterocycles. The van der Waals surface area contributed by atoms with Crippen LogP contribution in [0.5, 0.6) is 5.75 Å². The van der Waals surface area contributed by atoms with E-state index in [1.165, 1.54) is 11.3 Å².